The van der Waals surface area contributed by atoms with Crippen molar-refractivity contribution < 1.29 is 4.79 Å². The summed E-state index contributed by atoms with van der Waals surface area (Å²) in [6.45, 7) is 7.01. The lowest BCUT2D eigenvalue weighted by Gasteiger charge is -2.08. The van der Waals surface area contributed by atoms with Gasteiger partial charge in [-0.05, 0) is 44.0 Å². The van der Waals surface area contributed by atoms with Gasteiger partial charge in [0.05, 0.1) is 6.54 Å². The largest absolute Gasteiger partial charge is 0.376 e. The molecule has 0 spiro atoms. The molecule has 1 aromatic rings. The Hall–Kier alpha value is -1.51. The maximum Gasteiger partial charge on any atom is 0.239 e. The quantitative estimate of drug-likeness (QED) is 0.789. The molecule has 15 heavy (non-hydrogen) atoms. The van der Waals surface area contributed by atoms with Crippen molar-refractivity contribution in [2.75, 3.05) is 18.4 Å². The minimum absolute atomic E-state index is 0.0247. The van der Waals surface area contributed by atoms with Crippen molar-refractivity contribution in [1.82, 2.24) is 5.32 Å². The van der Waals surface area contributed by atoms with Gasteiger partial charge < -0.3 is 10.6 Å². The van der Waals surface area contributed by atoms with Crippen LogP contribution in [0.4, 0.5) is 5.69 Å². The number of amides is 1. The van der Waals surface area contributed by atoms with Crippen LogP contribution in [0.5, 0.6) is 0 Å². The zero-order chi connectivity index (χ0) is 11.3. The van der Waals surface area contributed by atoms with E-state index in [2.05, 4.69) is 16.7 Å². The van der Waals surface area contributed by atoms with Crippen molar-refractivity contribution in [2.24, 2.45) is 0 Å². The zero-order valence-corrected chi connectivity index (χ0v) is 9.55. The van der Waals surface area contributed by atoms with Gasteiger partial charge in [-0.2, -0.15) is 0 Å². The molecular formula is C12H18N2O. The van der Waals surface area contributed by atoms with E-state index in [0.717, 1.165) is 5.69 Å². The van der Waals surface area contributed by atoms with E-state index in [0.29, 0.717) is 13.1 Å². The first-order valence-corrected chi connectivity index (χ1v) is 5.20. The third kappa shape index (κ3) is 4.02. The predicted octanol–water partition coefficient (Wildman–Crippen LogP) is 1.85. The van der Waals surface area contributed by atoms with Gasteiger partial charge in [-0.25, -0.2) is 0 Å². The van der Waals surface area contributed by atoms with E-state index in [4.69, 9.17) is 0 Å². The average molecular weight is 206 g/mol. The van der Waals surface area contributed by atoms with Crippen LogP contribution in [0.3, 0.4) is 0 Å². The highest BCUT2D eigenvalue weighted by molar-refractivity contribution is 5.80. The van der Waals surface area contributed by atoms with Crippen molar-refractivity contribution in [1.29, 1.82) is 0 Å². The van der Waals surface area contributed by atoms with Crippen molar-refractivity contribution in [3.63, 3.8) is 0 Å². The Balaban J connectivity index is 2.54. The number of likely N-dealkylation sites (N-methyl/N-ethyl adjacent to an activating group) is 1. The van der Waals surface area contributed by atoms with E-state index in [-0.39, 0.29) is 5.91 Å². The number of carbonyl (C=O) groups excluding carboxylic acids is 1. The van der Waals surface area contributed by atoms with Crippen LogP contribution in [0.1, 0.15) is 18.1 Å². The summed E-state index contributed by atoms with van der Waals surface area (Å²) in [5.41, 5.74) is 3.40. The second kappa shape index (κ2) is 5.39. The molecule has 82 valence electrons. The van der Waals surface area contributed by atoms with Crippen molar-refractivity contribution in [3.05, 3.63) is 29.3 Å². The molecule has 0 aliphatic rings. The molecule has 0 bridgehead atoms. The maximum atomic E-state index is 11.2. The predicted molar refractivity (Wildman–Crippen MR) is 63.1 cm³/mol. The van der Waals surface area contributed by atoms with Crippen molar-refractivity contribution in [3.8, 4) is 0 Å². The number of rotatable bonds is 4. The highest BCUT2D eigenvalue weighted by Gasteiger charge is 1.99. The minimum Gasteiger partial charge on any atom is -0.376 e. The summed E-state index contributed by atoms with van der Waals surface area (Å²) in [6.07, 6.45) is 0. The third-order valence-corrected chi connectivity index (χ3v) is 2.05. The van der Waals surface area contributed by atoms with Gasteiger partial charge in [0.2, 0.25) is 5.91 Å². The molecule has 0 fully saturated rings. The molecule has 0 aliphatic heterocycles. The number of carbonyl (C=O) groups is 1. The Morgan fingerprint density at radius 3 is 2.33 bits per heavy atom. The van der Waals surface area contributed by atoms with E-state index >= 15 is 0 Å². The molecule has 0 aliphatic carbocycles. The lowest BCUT2D eigenvalue weighted by molar-refractivity contribution is -0.119. The molecule has 3 heteroatoms. The number of anilines is 1. The fraction of sp³-hybridized carbons (Fsp3) is 0.417. The van der Waals surface area contributed by atoms with E-state index in [1.54, 1.807) is 0 Å². The molecule has 0 saturated carbocycles. The Morgan fingerprint density at radius 2 is 1.80 bits per heavy atom. The molecule has 0 unspecified atom stereocenters. The van der Waals surface area contributed by atoms with Gasteiger partial charge in [-0.15, -0.1) is 0 Å². The number of aryl methyl sites for hydroxylation is 2. The molecule has 2 N–H and O–H groups in total. The Kier molecular flexibility index (Phi) is 4.16. The molecule has 0 heterocycles. The molecule has 0 radical (unpaired) electrons. The molecule has 1 rings (SSSR count). The standard InChI is InChI=1S/C12H18N2O/c1-4-13-12(15)8-14-11-6-9(2)5-10(3)7-11/h5-7,14H,4,8H2,1-3H3,(H,13,15). The smallest absolute Gasteiger partial charge is 0.239 e. The normalized spacial score (nSPS) is 9.80. The van der Waals surface area contributed by atoms with Crippen LogP contribution in [-0.2, 0) is 4.79 Å². The van der Waals surface area contributed by atoms with Crippen LogP contribution in [0.15, 0.2) is 18.2 Å². The van der Waals surface area contributed by atoms with E-state index < -0.39 is 0 Å². The van der Waals surface area contributed by atoms with Gasteiger partial charge in [0.1, 0.15) is 0 Å². The molecular weight excluding hydrogens is 188 g/mol. The second-order valence-electron chi connectivity index (χ2n) is 3.68. The Labute approximate surface area is 90.9 Å². The molecule has 3 nitrogen and oxygen atoms in total. The molecule has 0 saturated heterocycles. The van der Waals surface area contributed by atoms with Gasteiger partial charge in [-0.1, -0.05) is 6.07 Å². The average Bonchev–Trinajstić information content (AvgIpc) is 2.14. The monoisotopic (exact) mass is 206 g/mol. The van der Waals surface area contributed by atoms with Crippen LogP contribution in [0.25, 0.3) is 0 Å². The first kappa shape index (κ1) is 11.6. The molecule has 1 aromatic carbocycles. The van der Waals surface area contributed by atoms with Gasteiger partial charge in [0, 0.05) is 12.2 Å². The van der Waals surface area contributed by atoms with Crippen molar-refractivity contribution in [2.45, 2.75) is 20.8 Å². The third-order valence-electron chi connectivity index (χ3n) is 2.05. The number of hydrogen-bond acceptors (Lipinski definition) is 2. The highest BCUT2D eigenvalue weighted by atomic mass is 16.1. The lowest BCUT2D eigenvalue weighted by Crippen LogP contribution is -2.29. The summed E-state index contributed by atoms with van der Waals surface area (Å²) >= 11 is 0. The number of benzene rings is 1. The van der Waals surface area contributed by atoms with E-state index in [9.17, 15) is 4.79 Å². The van der Waals surface area contributed by atoms with Gasteiger partial charge >= 0.3 is 0 Å². The van der Waals surface area contributed by atoms with Gasteiger partial charge in [0.15, 0.2) is 0 Å². The van der Waals surface area contributed by atoms with Crippen LogP contribution in [0, 0.1) is 13.8 Å². The first-order valence-electron chi connectivity index (χ1n) is 5.20. The second-order valence-corrected chi connectivity index (χ2v) is 3.68. The van der Waals surface area contributed by atoms with Crippen molar-refractivity contribution >= 4 is 11.6 Å². The van der Waals surface area contributed by atoms with Crippen LogP contribution < -0.4 is 10.6 Å². The molecule has 1 amide bonds. The van der Waals surface area contributed by atoms with Crippen LogP contribution in [0.2, 0.25) is 0 Å². The maximum absolute atomic E-state index is 11.2. The van der Waals surface area contributed by atoms with Crippen LogP contribution >= 0.6 is 0 Å². The fourth-order valence-electron chi connectivity index (χ4n) is 1.52. The van der Waals surface area contributed by atoms with Crippen LogP contribution in [-0.4, -0.2) is 19.0 Å². The van der Waals surface area contributed by atoms with E-state index in [1.807, 2.05) is 32.9 Å². The molecule has 0 atom stereocenters. The SMILES string of the molecule is CCNC(=O)CNc1cc(C)cc(C)c1. The minimum atomic E-state index is 0.0247. The summed E-state index contributed by atoms with van der Waals surface area (Å²) in [6, 6.07) is 6.18. The van der Waals surface area contributed by atoms with Gasteiger partial charge in [0.25, 0.3) is 0 Å². The van der Waals surface area contributed by atoms with Gasteiger partial charge in [-0.3, -0.25) is 4.79 Å². The zero-order valence-electron chi connectivity index (χ0n) is 9.55. The summed E-state index contributed by atoms with van der Waals surface area (Å²) in [5, 5.41) is 5.84. The Morgan fingerprint density at radius 1 is 1.20 bits per heavy atom. The fourth-order valence-corrected chi connectivity index (χ4v) is 1.52. The Bertz CT molecular complexity index is 327. The topological polar surface area (TPSA) is 41.1 Å². The first-order chi connectivity index (χ1) is 7.11. The number of nitrogens with one attached hydrogen (secondary N) is 2. The molecule has 0 aromatic heterocycles. The highest BCUT2D eigenvalue weighted by Crippen LogP contribution is 2.12. The summed E-state index contributed by atoms with van der Waals surface area (Å²) in [7, 11) is 0. The van der Waals surface area contributed by atoms with E-state index in [1.165, 1.54) is 11.1 Å². The number of hydrogen-bond donors (Lipinski definition) is 2. The summed E-state index contributed by atoms with van der Waals surface area (Å²) in [4.78, 5) is 11.2. The lowest BCUT2D eigenvalue weighted by atomic mass is 10.1. The summed E-state index contributed by atoms with van der Waals surface area (Å²) < 4.78 is 0. The summed E-state index contributed by atoms with van der Waals surface area (Å²) in [5.74, 6) is 0.0247.